The van der Waals surface area contributed by atoms with Gasteiger partial charge >= 0.3 is 5.97 Å². The molecular weight excluding hydrogens is 228 g/mol. The maximum atomic E-state index is 11.1. The normalized spacial score (nSPS) is 9.94. The molecule has 1 rings (SSSR count). The molecule has 0 saturated heterocycles. The highest BCUT2D eigenvalue weighted by molar-refractivity contribution is 6.30. The third-order valence-corrected chi connectivity index (χ3v) is 2.28. The number of rotatable bonds is 5. The van der Waals surface area contributed by atoms with E-state index in [0.29, 0.717) is 24.6 Å². The molecule has 0 spiro atoms. The molecule has 0 N–H and O–H groups in total. The zero-order valence-electron chi connectivity index (χ0n) is 9.44. The van der Waals surface area contributed by atoms with Crippen LogP contribution < -0.4 is 4.90 Å². The lowest BCUT2D eigenvalue weighted by atomic mass is 10.3. The number of carbonyl (C=O) groups excluding carboxylic acids is 1. The smallest absolute Gasteiger partial charge is 0.307 e. The molecule has 5 heteroatoms. The average Bonchev–Trinajstić information content (AvgIpc) is 2.27. The van der Waals surface area contributed by atoms with Crippen LogP contribution in [0.1, 0.15) is 13.3 Å². The van der Waals surface area contributed by atoms with Gasteiger partial charge in [-0.15, -0.1) is 0 Å². The van der Waals surface area contributed by atoms with E-state index in [1.165, 1.54) is 0 Å². The highest BCUT2D eigenvalue weighted by Gasteiger charge is 2.06. The highest BCUT2D eigenvalue weighted by atomic mass is 35.5. The van der Waals surface area contributed by atoms with Crippen LogP contribution in [0.2, 0.25) is 5.02 Å². The minimum atomic E-state index is -0.191. The summed E-state index contributed by atoms with van der Waals surface area (Å²) in [6, 6.07) is 3.58. The summed E-state index contributed by atoms with van der Waals surface area (Å²) in [5, 5.41) is 0.600. The summed E-state index contributed by atoms with van der Waals surface area (Å²) < 4.78 is 4.84. The molecule has 0 fully saturated rings. The summed E-state index contributed by atoms with van der Waals surface area (Å²) in [6.45, 7) is 2.79. The van der Waals surface area contributed by atoms with Crippen molar-refractivity contribution < 1.29 is 9.53 Å². The maximum Gasteiger partial charge on any atom is 0.307 e. The third-order valence-electron chi connectivity index (χ3n) is 2.06. The standard InChI is InChI=1S/C11H15ClN2O2/c1-3-16-11(15)6-7-14(2)10-5-4-9(12)8-13-10/h4-5,8H,3,6-7H2,1-2H3. The highest BCUT2D eigenvalue weighted by Crippen LogP contribution is 2.12. The second-order valence-electron chi connectivity index (χ2n) is 3.31. The fourth-order valence-electron chi connectivity index (χ4n) is 1.20. The molecule has 0 amide bonds. The Bertz CT molecular complexity index is 340. The minimum absolute atomic E-state index is 0.191. The third kappa shape index (κ3) is 4.06. The monoisotopic (exact) mass is 242 g/mol. The average molecular weight is 243 g/mol. The van der Waals surface area contributed by atoms with Gasteiger partial charge in [0.05, 0.1) is 18.1 Å². The summed E-state index contributed by atoms with van der Waals surface area (Å²) in [5.74, 6) is 0.594. The molecule has 88 valence electrons. The number of carbonyl (C=O) groups is 1. The second-order valence-corrected chi connectivity index (χ2v) is 3.75. The van der Waals surface area contributed by atoms with E-state index in [2.05, 4.69) is 4.98 Å². The van der Waals surface area contributed by atoms with Gasteiger partial charge in [0, 0.05) is 19.8 Å². The van der Waals surface area contributed by atoms with Gasteiger partial charge in [0.2, 0.25) is 0 Å². The van der Waals surface area contributed by atoms with Crippen LogP contribution in [0.15, 0.2) is 18.3 Å². The molecule has 1 aromatic rings. The lowest BCUT2D eigenvalue weighted by Gasteiger charge is -2.17. The van der Waals surface area contributed by atoms with E-state index in [9.17, 15) is 4.79 Å². The van der Waals surface area contributed by atoms with Crippen molar-refractivity contribution >= 4 is 23.4 Å². The Morgan fingerprint density at radius 2 is 2.31 bits per heavy atom. The lowest BCUT2D eigenvalue weighted by molar-refractivity contribution is -0.142. The van der Waals surface area contributed by atoms with Crippen molar-refractivity contribution in [2.75, 3.05) is 25.1 Å². The van der Waals surface area contributed by atoms with Crippen molar-refractivity contribution in [3.63, 3.8) is 0 Å². The van der Waals surface area contributed by atoms with Gasteiger partial charge in [-0.25, -0.2) is 4.98 Å². The molecule has 0 saturated carbocycles. The van der Waals surface area contributed by atoms with Gasteiger partial charge in [-0.3, -0.25) is 4.79 Å². The lowest BCUT2D eigenvalue weighted by Crippen LogP contribution is -2.22. The summed E-state index contributed by atoms with van der Waals surface area (Å²) in [7, 11) is 1.87. The quantitative estimate of drug-likeness (QED) is 0.742. The molecule has 0 aromatic carbocycles. The van der Waals surface area contributed by atoms with Crippen LogP contribution in [0.3, 0.4) is 0 Å². The first-order valence-corrected chi connectivity index (χ1v) is 5.49. The molecule has 0 unspecified atom stereocenters. The van der Waals surface area contributed by atoms with Crippen LogP contribution >= 0.6 is 11.6 Å². The Morgan fingerprint density at radius 3 is 2.88 bits per heavy atom. The van der Waals surface area contributed by atoms with Gasteiger partial charge in [-0.05, 0) is 19.1 Å². The van der Waals surface area contributed by atoms with Crippen molar-refractivity contribution in [2.24, 2.45) is 0 Å². The SMILES string of the molecule is CCOC(=O)CCN(C)c1ccc(Cl)cn1. The predicted molar refractivity (Wildman–Crippen MR) is 63.8 cm³/mol. The van der Waals surface area contributed by atoms with Gasteiger partial charge in [0.25, 0.3) is 0 Å². The minimum Gasteiger partial charge on any atom is -0.466 e. The molecule has 0 aliphatic carbocycles. The number of hydrogen-bond donors (Lipinski definition) is 0. The number of pyridine rings is 1. The topological polar surface area (TPSA) is 42.4 Å². The molecule has 1 heterocycles. The van der Waals surface area contributed by atoms with Crippen LogP contribution in [0.5, 0.6) is 0 Å². The molecule has 1 aromatic heterocycles. The number of esters is 1. The Balaban J connectivity index is 2.43. The van der Waals surface area contributed by atoms with E-state index in [-0.39, 0.29) is 5.97 Å². The van der Waals surface area contributed by atoms with Crippen molar-refractivity contribution in [3.8, 4) is 0 Å². The Morgan fingerprint density at radius 1 is 1.56 bits per heavy atom. The van der Waals surface area contributed by atoms with Crippen LogP contribution in [0, 0.1) is 0 Å². The number of aromatic nitrogens is 1. The summed E-state index contributed by atoms with van der Waals surface area (Å²) in [4.78, 5) is 17.2. The number of hydrogen-bond acceptors (Lipinski definition) is 4. The van der Waals surface area contributed by atoms with Crippen LogP contribution in [0.4, 0.5) is 5.82 Å². The molecule has 0 radical (unpaired) electrons. The Labute approximate surface area is 100 Å². The zero-order valence-corrected chi connectivity index (χ0v) is 10.2. The van der Waals surface area contributed by atoms with E-state index in [1.807, 2.05) is 18.0 Å². The summed E-state index contributed by atoms with van der Waals surface area (Å²) in [6.07, 6.45) is 1.94. The number of anilines is 1. The number of halogens is 1. The van der Waals surface area contributed by atoms with Crippen molar-refractivity contribution in [1.29, 1.82) is 0 Å². The maximum absolute atomic E-state index is 11.1. The van der Waals surface area contributed by atoms with E-state index < -0.39 is 0 Å². The Kier molecular flexibility index (Phi) is 5.05. The van der Waals surface area contributed by atoms with E-state index in [1.54, 1.807) is 19.2 Å². The molecule has 0 aliphatic heterocycles. The molecular formula is C11H15ClN2O2. The fourth-order valence-corrected chi connectivity index (χ4v) is 1.31. The predicted octanol–water partition coefficient (Wildman–Crippen LogP) is 2.12. The van der Waals surface area contributed by atoms with Crippen LogP contribution in [-0.4, -0.2) is 31.2 Å². The zero-order chi connectivity index (χ0) is 12.0. The number of nitrogens with zero attached hydrogens (tertiary/aromatic N) is 2. The van der Waals surface area contributed by atoms with Gasteiger partial charge in [-0.1, -0.05) is 11.6 Å². The van der Waals surface area contributed by atoms with E-state index in [4.69, 9.17) is 16.3 Å². The summed E-state index contributed by atoms with van der Waals surface area (Å²) in [5.41, 5.74) is 0. The van der Waals surface area contributed by atoms with Gasteiger partial charge in [-0.2, -0.15) is 0 Å². The van der Waals surface area contributed by atoms with Gasteiger partial charge in [0.1, 0.15) is 5.82 Å². The van der Waals surface area contributed by atoms with Crippen molar-refractivity contribution in [2.45, 2.75) is 13.3 Å². The van der Waals surface area contributed by atoms with Gasteiger partial charge in [0.15, 0.2) is 0 Å². The largest absolute Gasteiger partial charge is 0.466 e. The van der Waals surface area contributed by atoms with E-state index >= 15 is 0 Å². The summed E-state index contributed by atoms with van der Waals surface area (Å²) >= 11 is 5.73. The second kappa shape index (κ2) is 6.33. The van der Waals surface area contributed by atoms with Crippen molar-refractivity contribution in [3.05, 3.63) is 23.4 Å². The van der Waals surface area contributed by atoms with Crippen LogP contribution in [0.25, 0.3) is 0 Å². The molecule has 0 bridgehead atoms. The molecule has 0 atom stereocenters. The van der Waals surface area contributed by atoms with Crippen LogP contribution in [-0.2, 0) is 9.53 Å². The first-order chi connectivity index (χ1) is 7.63. The number of ether oxygens (including phenoxy) is 1. The van der Waals surface area contributed by atoms with Crippen molar-refractivity contribution in [1.82, 2.24) is 4.98 Å². The molecule has 0 aliphatic rings. The molecule has 4 nitrogen and oxygen atoms in total. The Hall–Kier alpha value is -1.29. The first-order valence-electron chi connectivity index (χ1n) is 5.11. The first kappa shape index (κ1) is 12.8. The van der Waals surface area contributed by atoms with Gasteiger partial charge < -0.3 is 9.64 Å². The molecule has 16 heavy (non-hydrogen) atoms. The fraction of sp³-hybridized carbons (Fsp3) is 0.455. The van der Waals surface area contributed by atoms with E-state index in [0.717, 1.165) is 5.82 Å².